The van der Waals surface area contributed by atoms with Gasteiger partial charge < -0.3 is 9.84 Å². The molecule has 2 rings (SSSR count). The number of carboxylic acids is 1. The standard InChI is InChI=1S/C14H14N2O4S/c17-12(18)7-6-11-9-21-13(15-11)16-14(19)20-8-10-4-2-1-3-5-10/h1-5,9H,6-8H2,(H,17,18)(H,15,16,19). The zero-order valence-corrected chi connectivity index (χ0v) is 11.9. The number of carboxylic acid groups (broad SMARTS) is 1. The fourth-order valence-corrected chi connectivity index (χ4v) is 2.29. The van der Waals surface area contributed by atoms with Crippen molar-refractivity contribution in [3.8, 4) is 0 Å². The first-order valence-corrected chi connectivity index (χ1v) is 7.15. The van der Waals surface area contributed by atoms with E-state index < -0.39 is 12.1 Å². The maximum atomic E-state index is 11.6. The molecule has 21 heavy (non-hydrogen) atoms. The van der Waals surface area contributed by atoms with Crippen molar-refractivity contribution < 1.29 is 19.4 Å². The summed E-state index contributed by atoms with van der Waals surface area (Å²) in [5.41, 5.74) is 1.54. The average molecular weight is 306 g/mol. The molecule has 0 fully saturated rings. The topological polar surface area (TPSA) is 88.5 Å². The number of thiazole rings is 1. The zero-order valence-electron chi connectivity index (χ0n) is 11.1. The van der Waals surface area contributed by atoms with E-state index in [1.165, 1.54) is 11.3 Å². The number of carbonyl (C=O) groups is 2. The molecule has 1 amide bonds. The van der Waals surface area contributed by atoms with Crippen molar-refractivity contribution in [2.24, 2.45) is 0 Å². The van der Waals surface area contributed by atoms with E-state index in [4.69, 9.17) is 9.84 Å². The Balaban J connectivity index is 1.78. The quantitative estimate of drug-likeness (QED) is 0.856. The van der Waals surface area contributed by atoms with Crippen LogP contribution in [0.1, 0.15) is 17.7 Å². The number of aliphatic carboxylic acids is 1. The molecule has 0 bridgehead atoms. The van der Waals surface area contributed by atoms with Gasteiger partial charge in [-0.1, -0.05) is 30.3 Å². The summed E-state index contributed by atoms with van der Waals surface area (Å²) in [5.74, 6) is -0.875. The van der Waals surface area contributed by atoms with Gasteiger partial charge in [-0.3, -0.25) is 10.1 Å². The van der Waals surface area contributed by atoms with Crippen molar-refractivity contribution in [3.05, 3.63) is 47.0 Å². The lowest BCUT2D eigenvalue weighted by molar-refractivity contribution is -0.136. The van der Waals surface area contributed by atoms with Crippen LogP contribution in [0.2, 0.25) is 0 Å². The van der Waals surface area contributed by atoms with Crippen molar-refractivity contribution >= 4 is 28.5 Å². The number of carbonyl (C=O) groups excluding carboxylic acids is 1. The maximum Gasteiger partial charge on any atom is 0.413 e. The van der Waals surface area contributed by atoms with E-state index in [0.717, 1.165) is 5.56 Å². The lowest BCUT2D eigenvalue weighted by Crippen LogP contribution is -2.13. The van der Waals surface area contributed by atoms with Gasteiger partial charge in [-0.05, 0) is 5.56 Å². The van der Waals surface area contributed by atoms with E-state index >= 15 is 0 Å². The van der Waals surface area contributed by atoms with E-state index in [2.05, 4.69) is 10.3 Å². The van der Waals surface area contributed by atoms with Gasteiger partial charge in [0, 0.05) is 11.8 Å². The molecule has 1 aromatic carbocycles. The highest BCUT2D eigenvalue weighted by atomic mass is 32.1. The van der Waals surface area contributed by atoms with Gasteiger partial charge in [-0.15, -0.1) is 11.3 Å². The summed E-state index contributed by atoms with van der Waals surface area (Å²) >= 11 is 1.24. The fourth-order valence-electron chi connectivity index (χ4n) is 1.56. The summed E-state index contributed by atoms with van der Waals surface area (Å²) in [6.45, 7) is 0.184. The molecule has 0 atom stereocenters. The largest absolute Gasteiger partial charge is 0.481 e. The van der Waals surface area contributed by atoms with Crippen LogP contribution in [0.5, 0.6) is 0 Å². The molecule has 0 aliphatic rings. The zero-order chi connectivity index (χ0) is 15.1. The molecule has 1 aromatic heterocycles. The van der Waals surface area contributed by atoms with E-state index in [0.29, 0.717) is 17.2 Å². The minimum absolute atomic E-state index is 0.0155. The van der Waals surface area contributed by atoms with Crippen LogP contribution < -0.4 is 5.32 Å². The summed E-state index contributed by atoms with van der Waals surface area (Å²) in [6, 6.07) is 9.34. The summed E-state index contributed by atoms with van der Waals surface area (Å²) in [7, 11) is 0. The molecule has 2 aromatic rings. The molecule has 0 aliphatic carbocycles. The highest BCUT2D eigenvalue weighted by molar-refractivity contribution is 7.13. The molecule has 0 radical (unpaired) electrons. The Morgan fingerprint density at radius 1 is 1.29 bits per heavy atom. The van der Waals surface area contributed by atoms with Crippen LogP contribution in [0.3, 0.4) is 0 Å². The molecule has 1 heterocycles. The van der Waals surface area contributed by atoms with E-state index in [9.17, 15) is 9.59 Å². The minimum atomic E-state index is -0.875. The molecule has 2 N–H and O–H groups in total. The first-order valence-electron chi connectivity index (χ1n) is 6.27. The summed E-state index contributed by atoms with van der Waals surface area (Å²) < 4.78 is 5.06. The number of hydrogen-bond acceptors (Lipinski definition) is 5. The Bertz CT molecular complexity index is 612. The SMILES string of the molecule is O=C(O)CCc1csc(NC(=O)OCc2ccccc2)n1. The molecular formula is C14H14N2O4S. The van der Waals surface area contributed by atoms with Crippen LogP contribution in [-0.2, 0) is 22.6 Å². The van der Waals surface area contributed by atoms with Crippen LogP contribution in [0.15, 0.2) is 35.7 Å². The number of anilines is 1. The van der Waals surface area contributed by atoms with Gasteiger partial charge >= 0.3 is 12.1 Å². The molecule has 0 spiro atoms. The Morgan fingerprint density at radius 3 is 2.76 bits per heavy atom. The summed E-state index contributed by atoms with van der Waals surface area (Å²) in [6.07, 6.45) is -0.230. The molecule has 0 saturated carbocycles. The van der Waals surface area contributed by atoms with Crippen LogP contribution in [0, 0.1) is 0 Å². The van der Waals surface area contributed by atoms with Crippen molar-refractivity contribution in [1.29, 1.82) is 0 Å². The van der Waals surface area contributed by atoms with E-state index in [-0.39, 0.29) is 13.0 Å². The second-order valence-electron chi connectivity index (χ2n) is 4.22. The first kappa shape index (κ1) is 15.0. The highest BCUT2D eigenvalue weighted by Crippen LogP contribution is 2.17. The second-order valence-corrected chi connectivity index (χ2v) is 5.08. The number of benzene rings is 1. The number of aromatic nitrogens is 1. The smallest absolute Gasteiger partial charge is 0.413 e. The normalized spacial score (nSPS) is 10.1. The van der Waals surface area contributed by atoms with Gasteiger partial charge in [0.25, 0.3) is 0 Å². The van der Waals surface area contributed by atoms with E-state index in [1.807, 2.05) is 30.3 Å². The average Bonchev–Trinajstić information content (AvgIpc) is 2.91. The lowest BCUT2D eigenvalue weighted by atomic mass is 10.2. The number of hydrogen-bond donors (Lipinski definition) is 2. The van der Waals surface area contributed by atoms with Crippen LogP contribution in [0.4, 0.5) is 9.93 Å². The molecular weight excluding hydrogens is 292 g/mol. The predicted molar refractivity (Wildman–Crippen MR) is 78.3 cm³/mol. The van der Waals surface area contributed by atoms with Gasteiger partial charge in [0.15, 0.2) is 5.13 Å². The first-order chi connectivity index (χ1) is 10.1. The number of ether oxygens (including phenoxy) is 1. The van der Waals surface area contributed by atoms with Crippen molar-refractivity contribution in [2.45, 2.75) is 19.4 Å². The van der Waals surface area contributed by atoms with Gasteiger partial charge in [-0.2, -0.15) is 0 Å². The van der Waals surface area contributed by atoms with E-state index in [1.54, 1.807) is 5.38 Å². The fraction of sp³-hybridized carbons (Fsp3) is 0.214. The third kappa shape index (κ3) is 5.23. The van der Waals surface area contributed by atoms with Crippen LogP contribution in [-0.4, -0.2) is 22.2 Å². The molecule has 7 heteroatoms. The molecule has 6 nitrogen and oxygen atoms in total. The Kier molecular flexibility index (Phi) is 5.28. The summed E-state index contributed by atoms with van der Waals surface area (Å²) in [5, 5.41) is 13.2. The third-order valence-corrected chi connectivity index (χ3v) is 3.38. The Labute approximate surface area is 125 Å². The number of nitrogens with one attached hydrogen (secondary N) is 1. The minimum Gasteiger partial charge on any atom is -0.481 e. The Hall–Kier alpha value is -2.41. The number of aryl methyl sites for hydroxylation is 1. The molecule has 0 saturated heterocycles. The third-order valence-electron chi connectivity index (χ3n) is 2.57. The van der Waals surface area contributed by atoms with Crippen LogP contribution in [0.25, 0.3) is 0 Å². The van der Waals surface area contributed by atoms with Gasteiger partial charge in [0.05, 0.1) is 12.1 Å². The van der Waals surface area contributed by atoms with Gasteiger partial charge in [0.1, 0.15) is 6.61 Å². The number of nitrogens with zero attached hydrogens (tertiary/aromatic N) is 1. The maximum absolute atomic E-state index is 11.6. The summed E-state index contributed by atoms with van der Waals surface area (Å²) in [4.78, 5) is 26.2. The van der Waals surface area contributed by atoms with Crippen molar-refractivity contribution in [3.63, 3.8) is 0 Å². The van der Waals surface area contributed by atoms with Gasteiger partial charge in [0.2, 0.25) is 0 Å². The monoisotopic (exact) mass is 306 g/mol. The molecule has 0 unspecified atom stereocenters. The van der Waals surface area contributed by atoms with Crippen molar-refractivity contribution in [1.82, 2.24) is 4.98 Å². The van der Waals surface area contributed by atoms with Crippen LogP contribution >= 0.6 is 11.3 Å². The highest BCUT2D eigenvalue weighted by Gasteiger charge is 2.08. The predicted octanol–water partition coefficient (Wildman–Crippen LogP) is 2.91. The molecule has 0 aliphatic heterocycles. The number of rotatable bonds is 6. The molecule has 110 valence electrons. The number of amides is 1. The lowest BCUT2D eigenvalue weighted by Gasteiger charge is -2.04. The second kappa shape index (κ2) is 7.39. The van der Waals surface area contributed by atoms with Crippen molar-refractivity contribution in [2.75, 3.05) is 5.32 Å². The Morgan fingerprint density at radius 2 is 2.05 bits per heavy atom. The van der Waals surface area contributed by atoms with Gasteiger partial charge in [-0.25, -0.2) is 9.78 Å².